The van der Waals surface area contributed by atoms with Gasteiger partial charge in [-0.25, -0.2) is 4.99 Å². The lowest BCUT2D eigenvalue weighted by Crippen LogP contribution is -2.50. The average Bonchev–Trinajstić information content (AvgIpc) is 3.44. The van der Waals surface area contributed by atoms with Gasteiger partial charge in [-0.1, -0.05) is 92.8 Å². The normalized spacial score (nSPS) is 17.0. The van der Waals surface area contributed by atoms with E-state index in [4.69, 9.17) is 42.8 Å². The second-order valence-corrected chi connectivity index (χ2v) is 12.2. The molecule has 0 unspecified atom stereocenters. The van der Waals surface area contributed by atoms with Crippen LogP contribution in [-0.2, 0) is 22.4 Å². The van der Waals surface area contributed by atoms with Crippen LogP contribution in [0.1, 0.15) is 34.8 Å². The molecule has 1 aliphatic heterocycles. The van der Waals surface area contributed by atoms with Crippen LogP contribution in [0.25, 0.3) is 10.4 Å². The molecule has 0 aliphatic carbocycles. The topological polar surface area (TPSA) is 129 Å². The number of hydrogen-bond donors (Lipinski definition) is 2. The minimum Gasteiger partial charge on any atom is -0.494 e. The monoisotopic (exact) mass is 721 g/mol. The summed E-state index contributed by atoms with van der Waals surface area (Å²) in [5, 5.41) is 17.1. The summed E-state index contributed by atoms with van der Waals surface area (Å²) < 4.78 is 13.0. The van der Waals surface area contributed by atoms with E-state index in [9.17, 15) is 10.3 Å². The van der Waals surface area contributed by atoms with Crippen molar-refractivity contribution in [2.45, 2.75) is 30.9 Å². The third-order valence-electron chi connectivity index (χ3n) is 7.52. The van der Waals surface area contributed by atoms with Gasteiger partial charge in [-0.3, -0.25) is 4.79 Å². The molecule has 4 aromatic rings. The highest BCUT2D eigenvalue weighted by Gasteiger charge is 2.54. The first-order valence-electron chi connectivity index (χ1n) is 14.5. The molecule has 0 saturated heterocycles. The lowest BCUT2D eigenvalue weighted by Gasteiger charge is -2.31. The molecule has 236 valence electrons. The molecule has 4 aromatic carbocycles. The van der Waals surface area contributed by atoms with Crippen LogP contribution < -0.4 is 10.1 Å². The number of benzene rings is 4. The largest absolute Gasteiger partial charge is 0.494 e. The zero-order chi connectivity index (χ0) is 32.5. The Morgan fingerprint density at radius 1 is 1.07 bits per heavy atom. The first-order chi connectivity index (χ1) is 22.3. The average molecular weight is 723 g/mol. The van der Waals surface area contributed by atoms with Gasteiger partial charge in [-0.2, -0.15) is 0 Å². The van der Waals surface area contributed by atoms with Crippen molar-refractivity contribution in [3.05, 3.63) is 138 Å². The van der Waals surface area contributed by atoms with E-state index >= 15 is 0 Å². The fourth-order valence-corrected chi connectivity index (χ4v) is 6.23. The number of aliphatic hydroxyl groups is 1. The predicted molar refractivity (Wildman–Crippen MR) is 183 cm³/mol. The molecule has 9 nitrogen and oxygen atoms in total. The minimum absolute atomic E-state index is 0.0405. The summed E-state index contributed by atoms with van der Waals surface area (Å²) in [7, 11) is 0. The standard InChI is InChI=1S/C34H30BrCl2N5O4/c35-28-8-3-2-7-27(28)31-34(21-24-6-1-4-9-30(24)41-42-38,33(44)39-17-16-22-10-13-25(36)20-29(22)37)40-32(46-31)23-11-14-26(15-12-23)45-19-5-18-43/h1-4,6-15,20,31,43H,5,16-19,21H2,(H,39,44)/t31-,34-/m1/s1. The van der Waals surface area contributed by atoms with Crippen LogP contribution >= 0.6 is 39.1 Å². The maximum atomic E-state index is 14.5. The Morgan fingerprint density at radius 2 is 1.83 bits per heavy atom. The number of azide groups is 1. The highest BCUT2D eigenvalue weighted by Crippen LogP contribution is 2.45. The number of nitrogens with zero attached hydrogens (tertiary/aromatic N) is 4. The summed E-state index contributed by atoms with van der Waals surface area (Å²) in [6.07, 6.45) is 0.205. The SMILES string of the molecule is [N-]=[N+]=Nc1ccccc1C[C@@]1(C(=O)NCCc2ccc(Cl)cc2Cl)N=C(c2ccc(OCCCO)cc2)O[C@@H]1c1ccccc1Br. The summed E-state index contributed by atoms with van der Waals surface area (Å²) in [6.45, 7) is 0.693. The van der Waals surface area contributed by atoms with Gasteiger partial charge in [0, 0.05) is 62.2 Å². The molecular formula is C34H30BrCl2N5O4. The fraction of sp³-hybridized carbons (Fsp3) is 0.235. The van der Waals surface area contributed by atoms with Crippen LogP contribution in [0.2, 0.25) is 10.0 Å². The highest BCUT2D eigenvalue weighted by atomic mass is 79.9. The Balaban J connectivity index is 1.56. The lowest BCUT2D eigenvalue weighted by molar-refractivity contribution is -0.128. The Morgan fingerprint density at radius 3 is 2.57 bits per heavy atom. The Kier molecular flexibility index (Phi) is 11.2. The van der Waals surface area contributed by atoms with E-state index < -0.39 is 11.6 Å². The first kappa shape index (κ1) is 33.3. The van der Waals surface area contributed by atoms with Crippen molar-refractivity contribution in [3.63, 3.8) is 0 Å². The molecule has 0 fully saturated rings. The Bertz CT molecular complexity index is 1780. The summed E-state index contributed by atoms with van der Waals surface area (Å²) in [4.78, 5) is 22.6. The summed E-state index contributed by atoms with van der Waals surface area (Å²) in [5.41, 5.74) is 11.0. The molecule has 2 N–H and O–H groups in total. The Labute approximate surface area is 284 Å². The van der Waals surface area contributed by atoms with Crippen LogP contribution in [0.15, 0.2) is 106 Å². The molecule has 2 atom stereocenters. The number of rotatable bonds is 13. The number of aliphatic hydroxyl groups excluding tert-OH is 1. The zero-order valence-electron chi connectivity index (χ0n) is 24.6. The minimum atomic E-state index is -1.50. The van der Waals surface area contributed by atoms with E-state index in [1.165, 1.54) is 0 Å². The maximum Gasteiger partial charge on any atom is 0.252 e. The smallest absolute Gasteiger partial charge is 0.252 e. The molecule has 1 heterocycles. The molecule has 0 saturated carbocycles. The molecule has 46 heavy (non-hydrogen) atoms. The number of carbonyl (C=O) groups is 1. The maximum absolute atomic E-state index is 14.5. The van der Waals surface area contributed by atoms with Gasteiger partial charge in [0.1, 0.15) is 5.75 Å². The second-order valence-electron chi connectivity index (χ2n) is 10.5. The summed E-state index contributed by atoms with van der Waals surface area (Å²) in [6, 6.07) is 27.1. The third-order valence-corrected chi connectivity index (χ3v) is 8.83. The van der Waals surface area contributed by atoms with Crippen LogP contribution in [0.4, 0.5) is 5.69 Å². The molecule has 0 radical (unpaired) electrons. The van der Waals surface area contributed by atoms with Crippen LogP contribution in [0.5, 0.6) is 5.75 Å². The zero-order valence-corrected chi connectivity index (χ0v) is 27.7. The van der Waals surface area contributed by atoms with Crippen molar-refractivity contribution in [1.82, 2.24) is 5.32 Å². The van der Waals surface area contributed by atoms with Gasteiger partial charge in [0.25, 0.3) is 5.91 Å². The van der Waals surface area contributed by atoms with E-state index in [1.807, 2.05) is 54.6 Å². The third kappa shape index (κ3) is 7.66. The number of ether oxygens (including phenoxy) is 2. The van der Waals surface area contributed by atoms with Crippen molar-refractivity contribution in [2.24, 2.45) is 10.1 Å². The van der Waals surface area contributed by atoms with Crippen molar-refractivity contribution in [3.8, 4) is 5.75 Å². The molecule has 1 aliphatic rings. The van der Waals surface area contributed by atoms with Gasteiger partial charge < -0.3 is 19.9 Å². The number of nitrogens with one attached hydrogen (secondary N) is 1. The number of halogens is 3. The van der Waals surface area contributed by atoms with Gasteiger partial charge in [-0.15, -0.1) is 0 Å². The summed E-state index contributed by atoms with van der Waals surface area (Å²) >= 11 is 16.1. The van der Waals surface area contributed by atoms with E-state index in [0.29, 0.717) is 52.1 Å². The van der Waals surface area contributed by atoms with Gasteiger partial charge in [0.05, 0.1) is 6.61 Å². The fourth-order valence-electron chi connectivity index (χ4n) is 5.23. The van der Waals surface area contributed by atoms with Gasteiger partial charge >= 0.3 is 0 Å². The van der Waals surface area contributed by atoms with Crippen LogP contribution in [-0.4, -0.2) is 42.2 Å². The number of carbonyl (C=O) groups excluding carboxylic acids is 1. The number of hydrogen-bond acceptors (Lipinski definition) is 6. The summed E-state index contributed by atoms with van der Waals surface area (Å²) in [5.74, 6) is 0.541. The van der Waals surface area contributed by atoms with Gasteiger partial charge in [0.15, 0.2) is 11.6 Å². The number of aliphatic imine (C=N–C) groups is 1. The quantitative estimate of drug-likeness (QED) is 0.0622. The van der Waals surface area contributed by atoms with Crippen LogP contribution in [0, 0.1) is 0 Å². The number of amides is 1. The second kappa shape index (κ2) is 15.5. The van der Waals surface area contributed by atoms with Gasteiger partial charge in [-0.05, 0) is 65.5 Å². The molecule has 1 amide bonds. The van der Waals surface area contributed by atoms with E-state index in [-0.39, 0.29) is 31.4 Å². The molecule has 0 bridgehead atoms. The van der Waals surface area contributed by atoms with Crippen molar-refractivity contribution >= 4 is 56.6 Å². The van der Waals surface area contributed by atoms with E-state index in [2.05, 4.69) is 31.3 Å². The Hall–Kier alpha value is -4.05. The molecule has 0 aromatic heterocycles. The molecule has 0 spiro atoms. The molecule has 12 heteroatoms. The first-order valence-corrected chi connectivity index (χ1v) is 16.1. The molecular weight excluding hydrogens is 693 g/mol. The molecule has 5 rings (SSSR count). The van der Waals surface area contributed by atoms with Crippen molar-refractivity contribution in [2.75, 3.05) is 19.8 Å². The van der Waals surface area contributed by atoms with Crippen LogP contribution in [0.3, 0.4) is 0 Å². The van der Waals surface area contributed by atoms with E-state index in [1.54, 1.807) is 36.4 Å². The van der Waals surface area contributed by atoms with Crippen molar-refractivity contribution in [1.29, 1.82) is 0 Å². The van der Waals surface area contributed by atoms with Crippen molar-refractivity contribution < 1.29 is 19.4 Å². The predicted octanol–water partition coefficient (Wildman–Crippen LogP) is 8.32. The van der Waals surface area contributed by atoms with E-state index in [0.717, 1.165) is 15.6 Å². The highest BCUT2D eigenvalue weighted by molar-refractivity contribution is 9.10. The van der Waals surface area contributed by atoms with Gasteiger partial charge in [0.2, 0.25) is 5.90 Å². The lowest BCUT2D eigenvalue weighted by atomic mass is 9.81.